The molecule has 1 unspecified atom stereocenters. The molecule has 15 heavy (non-hydrogen) atoms. The first-order valence-electron chi connectivity index (χ1n) is 4.33. The van der Waals surface area contributed by atoms with Gasteiger partial charge in [-0.25, -0.2) is 8.78 Å². The van der Waals surface area contributed by atoms with E-state index in [2.05, 4.69) is 0 Å². The van der Waals surface area contributed by atoms with Crippen molar-refractivity contribution in [3.8, 4) is 0 Å². The monoisotopic (exact) mass is 226 g/mol. The van der Waals surface area contributed by atoms with E-state index in [1.165, 1.54) is 17.4 Å². The van der Waals surface area contributed by atoms with Crippen molar-refractivity contribution in [2.75, 3.05) is 0 Å². The second-order valence-corrected chi connectivity index (χ2v) is 3.91. The highest BCUT2D eigenvalue weighted by Gasteiger charge is 2.12. The molecule has 0 radical (unpaired) electrons. The first-order valence-corrected chi connectivity index (χ1v) is 5.28. The maximum absolute atomic E-state index is 12.9. The smallest absolute Gasteiger partial charge is 0.159 e. The average Bonchev–Trinajstić information content (AvgIpc) is 2.74. The molecule has 0 spiro atoms. The number of aliphatic hydroxyl groups is 1. The summed E-state index contributed by atoms with van der Waals surface area (Å²) in [7, 11) is 0. The van der Waals surface area contributed by atoms with Crippen LogP contribution in [0.3, 0.4) is 0 Å². The van der Waals surface area contributed by atoms with Gasteiger partial charge >= 0.3 is 0 Å². The highest BCUT2D eigenvalue weighted by atomic mass is 32.1. The lowest BCUT2D eigenvalue weighted by Gasteiger charge is -2.09. The van der Waals surface area contributed by atoms with Crippen LogP contribution >= 0.6 is 11.3 Å². The third-order valence-electron chi connectivity index (χ3n) is 2.12. The van der Waals surface area contributed by atoms with Crippen molar-refractivity contribution in [1.29, 1.82) is 0 Å². The molecule has 1 aromatic heterocycles. The predicted molar refractivity (Wildman–Crippen MR) is 54.7 cm³/mol. The fourth-order valence-corrected chi connectivity index (χ4v) is 1.98. The number of thiophene rings is 1. The minimum atomic E-state index is -0.943. The van der Waals surface area contributed by atoms with Crippen LogP contribution in [0, 0.1) is 11.6 Å². The lowest BCUT2D eigenvalue weighted by atomic mass is 10.0. The summed E-state index contributed by atoms with van der Waals surface area (Å²) in [5, 5.41) is 13.4. The first-order chi connectivity index (χ1) is 7.18. The normalized spacial score (nSPS) is 12.7. The van der Waals surface area contributed by atoms with Gasteiger partial charge in [0.2, 0.25) is 0 Å². The molecular formula is C11H8F2OS. The maximum atomic E-state index is 12.9. The molecule has 1 heterocycles. The molecule has 0 aliphatic carbocycles. The number of hydrogen-bond acceptors (Lipinski definition) is 2. The molecule has 0 aliphatic heterocycles. The Morgan fingerprint density at radius 3 is 2.47 bits per heavy atom. The van der Waals surface area contributed by atoms with E-state index in [9.17, 15) is 13.9 Å². The lowest BCUT2D eigenvalue weighted by molar-refractivity contribution is 0.220. The Labute approximate surface area is 89.6 Å². The van der Waals surface area contributed by atoms with Gasteiger partial charge in [-0.3, -0.25) is 0 Å². The summed E-state index contributed by atoms with van der Waals surface area (Å²) in [6.07, 6.45) is -0.897. The molecule has 1 atom stereocenters. The molecular weight excluding hydrogens is 218 g/mol. The van der Waals surface area contributed by atoms with Crippen molar-refractivity contribution in [1.82, 2.24) is 0 Å². The van der Waals surface area contributed by atoms with Crippen LogP contribution < -0.4 is 0 Å². The largest absolute Gasteiger partial charge is 0.384 e. The van der Waals surface area contributed by atoms with Crippen molar-refractivity contribution in [2.24, 2.45) is 0 Å². The van der Waals surface area contributed by atoms with Crippen LogP contribution in [-0.4, -0.2) is 5.11 Å². The minimum absolute atomic E-state index is 0.354. The standard InChI is InChI=1S/C11H8F2OS/c12-9-2-1-7(5-10(9)13)11(14)8-3-4-15-6-8/h1-6,11,14H. The molecule has 0 aliphatic rings. The summed E-state index contributed by atoms with van der Waals surface area (Å²) in [6, 6.07) is 5.15. The summed E-state index contributed by atoms with van der Waals surface area (Å²) >= 11 is 1.44. The molecule has 0 saturated carbocycles. The van der Waals surface area contributed by atoms with Crippen molar-refractivity contribution in [3.63, 3.8) is 0 Å². The van der Waals surface area contributed by atoms with Crippen molar-refractivity contribution < 1.29 is 13.9 Å². The second-order valence-electron chi connectivity index (χ2n) is 3.13. The Kier molecular flexibility index (Phi) is 2.79. The van der Waals surface area contributed by atoms with Crippen LogP contribution in [0.5, 0.6) is 0 Å². The molecule has 0 saturated heterocycles. The van der Waals surface area contributed by atoms with Crippen LogP contribution in [0.4, 0.5) is 8.78 Å². The molecule has 2 rings (SSSR count). The fraction of sp³-hybridized carbons (Fsp3) is 0.0909. The van der Waals surface area contributed by atoms with Crippen LogP contribution in [0.25, 0.3) is 0 Å². The van der Waals surface area contributed by atoms with Crippen molar-refractivity contribution >= 4 is 11.3 Å². The van der Waals surface area contributed by atoms with E-state index in [1.54, 1.807) is 11.4 Å². The summed E-state index contributed by atoms with van der Waals surface area (Å²) < 4.78 is 25.5. The van der Waals surface area contributed by atoms with Crippen LogP contribution in [0.1, 0.15) is 17.2 Å². The molecule has 0 amide bonds. The fourth-order valence-electron chi connectivity index (χ4n) is 1.31. The topological polar surface area (TPSA) is 20.2 Å². The Morgan fingerprint density at radius 2 is 1.87 bits per heavy atom. The molecule has 0 fully saturated rings. The van der Waals surface area contributed by atoms with Gasteiger partial charge in [-0.1, -0.05) is 6.07 Å². The average molecular weight is 226 g/mol. The summed E-state index contributed by atoms with van der Waals surface area (Å²) in [4.78, 5) is 0. The van der Waals surface area contributed by atoms with E-state index in [0.29, 0.717) is 11.1 Å². The highest BCUT2D eigenvalue weighted by Crippen LogP contribution is 2.24. The van der Waals surface area contributed by atoms with E-state index < -0.39 is 17.7 Å². The second kappa shape index (κ2) is 4.08. The summed E-state index contributed by atoms with van der Waals surface area (Å²) in [5.41, 5.74) is 1.04. The first kappa shape index (κ1) is 10.3. The van der Waals surface area contributed by atoms with Gasteiger partial charge < -0.3 is 5.11 Å². The van der Waals surface area contributed by atoms with E-state index >= 15 is 0 Å². The van der Waals surface area contributed by atoms with Crippen molar-refractivity contribution in [3.05, 3.63) is 57.8 Å². The third-order valence-corrected chi connectivity index (χ3v) is 2.82. The molecule has 0 bridgehead atoms. The zero-order valence-corrected chi connectivity index (χ0v) is 8.47. The van der Waals surface area contributed by atoms with E-state index in [4.69, 9.17) is 0 Å². The predicted octanol–water partition coefficient (Wildman–Crippen LogP) is 3.11. The minimum Gasteiger partial charge on any atom is -0.384 e. The number of rotatable bonds is 2. The zero-order valence-electron chi connectivity index (χ0n) is 7.65. The van der Waals surface area contributed by atoms with Gasteiger partial charge in [-0.2, -0.15) is 11.3 Å². The summed E-state index contributed by atoms with van der Waals surface area (Å²) in [5.74, 6) is -1.85. The quantitative estimate of drug-likeness (QED) is 0.834. The van der Waals surface area contributed by atoms with Gasteiger partial charge in [0.1, 0.15) is 6.10 Å². The summed E-state index contributed by atoms with van der Waals surface area (Å²) in [6.45, 7) is 0. The van der Waals surface area contributed by atoms with Crippen molar-refractivity contribution in [2.45, 2.75) is 6.10 Å². The van der Waals surface area contributed by atoms with Gasteiger partial charge in [-0.05, 0) is 40.1 Å². The SMILES string of the molecule is OC(c1ccsc1)c1ccc(F)c(F)c1. The van der Waals surface area contributed by atoms with E-state index in [0.717, 1.165) is 12.1 Å². The molecule has 2 aromatic rings. The molecule has 1 N–H and O–H groups in total. The van der Waals surface area contributed by atoms with Gasteiger partial charge in [0.15, 0.2) is 11.6 Å². The Bertz CT molecular complexity index is 454. The number of aliphatic hydroxyl groups excluding tert-OH is 1. The van der Waals surface area contributed by atoms with Gasteiger partial charge in [0.05, 0.1) is 0 Å². The van der Waals surface area contributed by atoms with Crippen LogP contribution in [-0.2, 0) is 0 Å². The number of benzene rings is 1. The van der Waals surface area contributed by atoms with E-state index in [-0.39, 0.29) is 0 Å². The molecule has 4 heteroatoms. The highest BCUT2D eigenvalue weighted by molar-refractivity contribution is 7.07. The Hall–Kier alpha value is -1.26. The van der Waals surface area contributed by atoms with Crippen LogP contribution in [0.15, 0.2) is 35.0 Å². The van der Waals surface area contributed by atoms with Crippen LogP contribution in [0.2, 0.25) is 0 Å². The van der Waals surface area contributed by atoms with Gasteiger partial charge in [0, 0.05) is 0 Å². The number of hydrogen-bond donors (Lipinski definition) is 1. The van der Waals surface area contributed by atoms with Gasteiger partial charge in [-0.15, -0.1) is 0 Å². The maximum Gasteiger partial charge on any atom is 0.159 e. The Balaban J connectivity index is 2.34. The van der Waals surface area contributed by atoms with E-state index in [1.807, 2.05) is 5.38 Å². The van der Waals surface area contributed by atoms with Gasteiger partial charge in [0.25, 0.3) is 0 Å². The third kappa shape index (κ3) is 2.06. The molecule has 1 nitrogen and oxygen atoms in total. The lowest BCUT2D eigenvalue weighted by Crippen LogP contribution is -1.99. The zero-order chi connectivity index (χ0) is 10.8. The Morgan fingerprint density at radius 1 is 1.07 bits per heavy atom. The molecule has 78 valence electrons. The molecule has 1 aromatic carbocycles. The number of halogens is 2.